The van der Waals surface area contributed by atoms with Crippen molar-refractivity contribution in [2.75, 3.05) is 13.2 Å². The lowest BCUT2D eigenvalue weighted by molar-refractivity contribution is -0.149. The van der Waals surface area contributed by atoms with Gasteiger partial charge in [-0.05, 0) is 73.2 Å². The Balaban J connectivity index is 0.000000405. The van der Waals surface area contributed by atoms with Crippen LogP contribution in [0.15, 0.2) is 78.2 Å². The van der Waals surface area contributed by atoms with Crippen molar-refractivity contribution in [2.45, 2.75) is 46.4 Å². The van der Waals surface area contributed by atoms with Crippen LogP contribution in [-0.2, 0) is 29.0 Å². The van der Waals surface area contributed by atoms with Gasteiger partial charge in [-0.1, -0.05) is 42.5 Å². The lowest BCUT2D eigenvalue weighted by Gasteiger charge is -2.14. The third-order valence-corrected chi connectivity index (χ3v) is 6.90. The topological polar surface area (TPSA) is 86.7 Å². The molecule has 0 aliphatic rings. The van der Waals surface area contributed by atoms with E-state index < -0.39 is 12.1 Å². The molecule has 0 saturated heterocycles. The summed E-state index contributed by atoms with van der Waals surface area (Å²) in [7, 11) is 0. The average molecular weight is 521 g/mol. The molecule has 37 heavy (non-hydrogen) atoms. The molecule has 2 heterocycles. The quantitative estimate of drug-likeness (QED) is 0.250. The summed E-state index contributed by atoms with van der Waals surface area (Å²) in [6.45, 7) is 8.35. The molecule has 0 amide bonds. The Bertz CT molecular complexity index is 1230. The minimum atomic E-state index is -0.939. The average Bonchev–Trinajstić information content (AvgIpc) is 3.50. The first kappa shape index (κ1) is 28.2. The van der Waals surface area contributed by atoms with Gasteiger partial charge in [-0.2, -0.15) is 0 Å². The Morgan fingerprint density at radius 2 is 1.76 bits per heavy atom. The molecule has 2 aromatic carbocycles. The van der Waals surface area contributed by atoms with Crippen LogP contribution in [0.3, 0.4) is 0 Å². The lowest BCUT2D eigenvalue weighted by atomic mass is 10.1. The number of aliphatic carboxylic acids is 1. The first-order chi connectivity index (χ1) is 17.9. The smallest absolute Gasteiger partial charge is 0.333 e. The molecule has 0 aliphatic heterocycles. The molecule has 1 atom stereocenters. The maximum Gasteiger partial charge on any atom is 0.333 e. The van der Waals surface area contributed by atoms with Crippen LogP contribution in [-0.4, -0.2) is 35.0 Å². The Morgan fingerprint density at radius 3 is 2.32 bits per heavy atom. The van der Waals surface area contributed by atoms with E-state index in [0.717, 1.165) is 17.9 Å². The van der Waals surface area contributed by atoms with Gasteiger partial charge in [-0.15, -0.1) is 11.3 Å². The lowest BCUT2D eigenvalue weighted by Crippen LogP contribution is -2.26. The molecule has 0 spiro atoms. The molecule has 6 nitrogen and oxygen atoms in total. The van der Waals surface area contributed by atoms with Crippen LogP contribution in [0.25, 0.3) is 10.6 Å². The number of rotatable bonds is 11. The van der Waals surface area contributed by atoms with Gasteiger partial charge in [-0.25, -0.2) is 4.79 Å². The second-order valence-electron chi connectivity index (χ2n) is 8.67. The fraction of sp³-hybridized carbons (Fsp3) is 0.300. The van der Waals surface area contributed by atoms with E-state index in [0.29, 0.717) is 26.2 Å². The number of thiophene rings is 1. The van der Waals surface area contributed by atoms with E-state index in [1.165, 1.54) is 27.4 Å². The molecular formula is C30H36N2O4S. The number of carbonyl (C=O) groups is 1. The van der Waals surface area contributed by atoms with Crippen molar-refractivity contribution in [3.05, 3.63) is 101 Å². The third kappa shape index (κ3) is 8.60. The van der Waals surface area contributed by atoms with Gasteiger partial charge in [0.1, 0.15) is 12.4 Å². The van der Waals surface area contributed by atoms with E-state index >= 15 is 0 Å². The largest absolute Gasteiger partial charge is 0.492 e. The monoisotopic (exact) mass is 520 g/mol. The highest BCUT2D eigenvalue weighted by Gasteiger charge is 2.17. The zero-order valence-corrected chi connectivity index (χ0v) is 22.5. The Hall–Kier alpha value is -3.39. The number of ether oxygens (including phenoxy) is 2. The van der Waals surface area contributed by atoms with Crippen molar-refractivity contribution in [2.24, 2.45) is 5.73 Å². The fourth-order valence-corrected chi connectivity index (χ4v) is 4.80. The van der Waals surface area contributed by atoms with Gasteiger partial charge >= 0.3 is 5.97 Å². The van der Waals surface area contributed by atoms with Gasteiger partial charge in [0.25, 0.3) is 0 Å². The van der Waals surface area contributed by atoms with Gasteiger partial charge in [-0.3, -0.25) is 0 Å². The van der Waals surface area contributed by atoms with Gasteiger partial charge in [0.05, 0.1) is 17.1 Å². The SMILES string of the molecule is CCO[C@@H](Cc1ccc(OCCn2c(C)ccc2-c2cc(C)cs2)cc1)C(=O)O.NCc1ccccc1. The van der Waals surface area contributed by atoms with E-state index in [2.05, 4.69) is 42.0 Å². The molecule has 0 saturated carbocycles. The highest BCUT2D eigenvalue weighted by Crippen LogP contribution is 2.29. The second kappa shape index (κ2) is 14.4. The number of aromatic nitrogens is 1. The third-order valence-electron chi connectivity index (χ3n) is 5.83. The van der Waals surface area contributed by atoms with E-state index in [4.69, 9.17) is 15.2 Å². The van der Waals surface area contributed by atoms with Crippen LogP contribution in [0, 0.1) is 13.8 Å². The fourth-order valence-electron chi connectivity index (χ4n) is 3.87. The molecule has 0 aliphatic carbocycles. The molecule has 3 N–H and O–H groups in total. The van der Waals surface area contributed by atoms with Gasteiger partial charge in [0, 0.05) is 25.3 Å². The van der Waals surface area contributed by atoms with Gasteiger partial charge < -0.3 is 24.9 Å². The summed E-state index contributed by atoms with van der Waals surface area (Å²) >= 11 is 1.76. The first-order valence-corrected chi connectivity index (χ1v) is 13.3. The molecule has 0 unspecified atom stereocenters. The van der Waals surface area contributed by atoms with Crippen molar-refractivity contribution in [1.29, 1.82) is 0 Å². The van der Waals surface area contributed by atoms with E-state index in [-0.39, 0.29) is 0 Å². The molecule has 4 rings (SSSR count). The Kier molecular flexibility index (Phi) is 11.0. The number of nitrogens with zero attached hydrogens (tertiary/aromatic N) is 1. The van der Waals surface area contributed by atoms with Crippen molar-refractivity contribution in [3.63, 3.8) is 0 Å². The molecule has 196 valence electrons. The minimum absolute atomic E-state index is 0.343. The van der Waals surface area contributed by atoms with Crippen LogP contribution in [0.1, 0.15) is 29.3 Å². The van der Waals surface area contributed by atoms with Crippen molar-refractivity contribution >= 4 is 17.3 Å². The van der Waals surface area contributed by atoms with Gasteiger partial charge in [0.2, 0.25) is 0 Å². The number of benzene rings is 2. The molecule has 0 radical (unpaired) electrons. The zero-order chi connectivity index (χ0) is 26.6. The second-order valence-corrected chi connectivity index (χ2v) is 9.58. The van der Waals surface area contributed by atoms with Crippen LogP contribution in [0.4, 0.5) is 0 Å². The van der Waals surface area contributed by atoms with Crippen molar-refractivity contribution < 1.29 is 19.4 Å². The number of hydrogen-bond acceptors (Lipinski definition) is 5. The molecular weight excluding hydrogens is 484 g/mol. The number of hydrogen-bond donors (Lipinski definition) is 2. The van der Waals surface area contributed by atoms with Crippen LogP contribution < -0.4 is 10.5 Å². The van der Waals surface area contributed by atoms with Crippen molar-refractivity contribution in [3.8, 4) is 16.3 Å². The predicted octanol–water partition coefficient (Wildman–Crippen LogP) is 6.09. The standard InChI is InChI=1S/C23H27NO4S.C7H9N/c1-4-27-21(23(25)26)14-18-6-8-19(9-7-18)28-12-11-24-17(3)5-10-20(24)22-13-16(2)15-29-22;8-6-7-4-2-1-3-5-7/h5-10,13,15,21H,4,11-12,14H2,1-3H3,(H,25,26);1-5H,6,8H2/t21-;/m0./s1. The number of aryl methyl sites for hydroxylation is 2. The maximum absolute atomic E-state index is 11.2. The first-order valence-electron chi connectivity index (χ1n) is 12.4. The number of carboxylic acids is 1. The maximum atomic E-state index is 11.2. The zero-order valence-electron chi connectivity index (χ0n) is 21.7. The van der Waals surface area contributed by atoms with E-state index in [1.54, 1.807) is 18.3 Å². The highest BCUT2D eigenvalue weighted by atomic mass is 32.1. The Morgan fingerprint density at radius 1 is 1.03 bits per heavy atom. The van der Waals surface area contributed by atoms with E-state index in [9.17, 15) is 9.90 Å². The van der Waals surface area contributed by atoms with E-state index in [1.807, 2.05) is 54.6 Å². The summed E-state index contributed by atoms with van der Waals surface area (Å²) in [5.74, 6) is -0.165. The van der Waals surface area contributed by atoms with Crippen LogP contribution >= 0.6 is 11.3 Å². The normalized spacial score (nSPS) is 11.5. The van der Waals surface area contributed by atoms with Crippen LogP contribution in [0.2, 0.25) is 0 Å². The summed E-state index contributed by atoms with van der Waals surface area (Å²) < 4.78 is 13.5. The predicted molar refractivity (Wildman–Crippen MR) is 150 cm³/mol. The Labute approximate surface area is 223 Å². The number of carboxylic acid groups (broad SMARTS) is 1. The summed E-state index contributed by atoms with van der Waals surface area (Å²) in [5.41, 5.74) is 11.2. The highest BCUT2D eigenvalue weighted by molar-refractivity contribution is 7.13. The molecule has 2 aromatic heterocycles. The van der Waals surface area contributed by atoms with Crippen LogP contribution in [0.5, 0.6) is 5.75 Å². The van der Waals surface area contributed by atoms with Gasteiger partial charge in [0.15, 0.2) is 6.10 Å². The summed E-state index contributed by atoms with van der Waals surface area (Å²) in [5, 5.41) is 11.4. The summed E-state index contributed by atoms with van der Waals surface area (Å²) in [6.07, 6.45) is -0.474. The molecule has 0 bridgehead atoms. The summed E-state index contributed by atoms with van der Waals surface area (Å²) in [4.78, 5) is 12.5. The summed E-state index contributed by atoms with van der Waals surface area (Å²) in [6, 6.07) is 24.0. The molecule has 7 heteroatoms. The van der Waals surface area contributed by atoms with Crippen molar-refractivity contribution in [1.82, 2.24) is 4.57 Å². The molecule has 4 aromatic rings. The minimum Gasteiger partial charge on any atom is -0.492 e. The molecule has 0 fully saturated rings. The number of nitrogens with two attached hydrogens (primary N) is 1.